The molecular formula is C18H17ClN2O5. The van der Waals surface area contributed by atoms with Crippen molar-refractivity contribution in [2.45, 2.75) is 13.3 Å². The fourth-order valence-electron chi connectivity index (χ4n) is 1.91. The van der Waals surface area contributed by atoms with E-state index in [9.17, 15) is 14.4 Å². The van der Waals surface area contributed by atoms with Crippen LogP contribution in [0.25, 0.3) is 0 Å². The van der Waals surface area contributed by atoms with Crippen LogP contribution in [0.5, 0.6) is 0 Å². The highest BCUT2D eigenvalue weighted by Gasteiger charge is 2.14. The summed E-state index contributed by atoms with van der Waals surface area (Å²) in [6, 6.07) is 9.17. The highest BCUT2D eigenvalue weighted by atomic mass is 35.5. The third kappa shape index (κ3) is 5.56. The van der Waals surface area contributed by atoms with Crippen molar-refractivity contribution < 1.29 is 23.9 Å². The van der Waals surface area contributed by atoms with Crippen molar-refractivity contribution in [3.8, 4) is 0 Å². The zero-order chi connectivity index (χ0) is 18.9. The highest BCUT2D eigenvalue weighted by molar-refractivity contribution is 6.32. The number of hydrogen-bond donors (Lipinski definition) is 1. The Bertz CT molecular complexity index is 792. The molecule has 0 fully saturated rings. The molecule has 0 radical (unpaired) electrons. The van der Waals surface area contributed by atoms with Gasteiger partial charge in [-0.15, -0.1) is 0 Å². The molecule has 8 heteroatoms. The van der Waals surface area contributed by atoms with Gasteiger partial charge in [0.1, 0.15) is 5.15 Å². The predicted octanol–water partition coefficient (Wildman–Crippen LogP) is 3.10. The molecule has 0 aliphatic rings. The quantitative estimate of drug-likeness (QED) is 0.589. The van der Waals surface area contributed by atoms with Gasteiger partial charge in [-0.05, 0) is 42.8 Å². The normalized spacial score (nSPS) is 10.1. The van der Waals surface area contributed by atoms with Gasteiger partial charge in [0.25, 0.3) is 5.91 Å². The summed E-state index contributed by atoms with van der Waals surface area (Å²) < 4.78 is 9.91. The summed E-state index contributed by atoms with van der Waals surface area (Å²) in [4.78, 5) is 39.2. The van der Waals surface area contributed by atoms with E-state index in [2.05, 4.69) is 10.3 Å². The number of halogens is 1. The summed E-state index contributed by atoms with van der Waals surface area (Å²) in [7, 11) is 0. The molecule has 0 saturated carbocycles. The summed E-state index contributed by atoms with van der Waals surface area (Å²) in [5.74, 6) is -1.70. The van der Waals surface area contributed by atoms with Crippen molar-refractivity contribution in [1.82, 2.24) is 4.98 Å². The number of nitrogens with zero attached hydrogens (tertiary/aromatic N) is 1. The lowest BCUT2D eigenvalue weighted by atomic mass is 10.2. The Morgan fingerprint density at radius 1 is 1.08 bits per heavy atom. The van der Waals surface area contributed by atoms with Gasteiger partial charge < -0.3 is 14.8 Å². The van der Waals surface area contributed by atoms with E-state index in [0.717, 1.165) is 6.42 Å². The van der Waals surface area contributed by atoms with Gasteiger partial charge in [0.15, 0.2) is 6.61 Å². The smallest absolute Gasteiger partial charge is 0.341 e. The van der Waals surface area contributed by atoms with E-state index in [0.29, 0.717) is 17.9 Å². The molecule has 0 unspecified atom stereocenters. The summed E-state index contributed by atoms with van der Waals surface area (Å²) >= 11 is 5.79. The number of pyridine rings is 1. The van der Waals surface area contributed by atoms with Crippen molar-refractivity contribution in [3.05, 3.63) is 58.9 Å². The van der Waals surface area contributed by atoms with E-state index in [1.54, 1.807) is 12.1 Å². The Kier molecular flexibility index (Phi) is 7.11. The number of ether oxygens (including phenoxy) is 2. The molecule has 26 heavy (non-hydrogen) atoms. The van der Waals surface area contributed by atoms with Crippen LogP contribution in [0.15, 0.2) is 42.6 Å². The first-order valence-electron chi connectivity index (χ1n) is 7.86. The van der Waals surface area contributed by atoms with Crippen molar-refractivity contribution >= 4 is 35.1 Å². The Balaban J connectivity index is 1.85. The number of hydrogen-bond acceptors (Lipinski definition) is 6. The van der Waals surface area contributed by atoms with Crippen molar-refractivity contribution in [3.63, 3.8) is 0 Å². The van der Waals surface area contributed by atoms with Crippen LogP contribution in [-0.2, 0) is 14.3 Å². The molecule has 1 heterocycles. The first-order valence-corrected chi connectivity index (χ1v) is 8.23. The molecule has 0 aliphatic heterocycles. The number of esters is 2. The zero-order valence-corrected chi connectivity index (χ0v) is 14.8. The van der Waals surface area contributed by atoms with Crippen LogP contribution >= 0.6 is 11.6 Å². The number of anilines is 1. The minimum absolute atomic E-state index is 0.00320. The molecule has 2 aromatic rings. The first-order chi connectivity index (χ1) is 12.5. The molecule has 0 saturated heterocycles. The van der Waals surface area contributed by atoms with E-state index in [1.165, 1.54) is 30.5 Å². The molecule has 1 N–H and O–H groups in total. The molecule has 0 atom stereocenters. The average molecular weight is 377 g/mol. The minimum Gasteiger partial charge on any atom is -0.462 e. The van der Waals surface area contributed by atoms with E-state index < -0.39 is 24.5 Å². The second kappa shape index (κ2) is 9.53. The maximum absolute atomic E-state index is 11.9. The molecule has 136 valence electrons. The predicted molar refractivity (Wildman–Crippen MR) is 95.2 cm³/mol. The second-order valence-electron chi connectivity index (χ2n) is 5.18. The molecule has 0 spiro atoms. The topological polar surface area (TPSA) is 94.6 Å². The SMILES string of the molecule is CCCOC(=O)c1ccc(NC(=O)COC(=O)c2cccnc2Cl)cc1. The van der Waals surface area contributed by atoms with Gasteiger partial charge in [-0.2, -0.15) is 0 Å². The number of carbonyl (C=O) groups excluding carboxylic acids is 3. The van der Waals surface area contributed by atoms with E-state index in [4.69, 9.17) is 21.1 Å². The van der Waals surface area contributed by atoms with E-state index >= 15 is 0 Å². The number of rotatable bonds is 7. The van der Waals surface area contributed by atoms with Crippen LogP contribution in [0.3, 0.4) is 0 Å². The summed E-state index contributed by atoms with van der Waals surface area (Å²) in [5.41, 5.74) is 0.920. The number of aromatic nitrogens is 1. The molecule has 2 rings (SSSR count). The second-order valence-corrected chi connectivity index (χ2v) is 5.54. The van der Waals surface area contributed by atoms with Crippen LogP contribution in [0.2, 0.25) is 5.15 Å². The molecule has 1 aromatic heterocycles. The van der Waals surface area contributed by atoms with Gasteiger partial charge in [0, 0.05) is 11.9 Å². The summed E-state index contributed by atoms with van der Waals surface area (Å²) in [5, 5.41) is 2.56. The molecule has 1 aromatic carbocycles. The van der Waals surface area contributed by atoms with Crippen molar-refractivity contribution in [2.75, 3.05) is 18.5 Å². The van der Waals surface area contributed by atoms with Crippen LogP contribution < -0.4 is 5.32 Å². The fraction of sp³-hybridized carbons (Fsp3) is 0.222. The lowest BCUT2D eigenvalue weighted by Crippen LogP contribution is -2.21. The van der Waals surface area contributed by atoms with Gasteiger partial charge in [-0.3, -0.25) is 4.79 Å². The standard InChI is InChI=1S/C18H17ClN2O5/c1-2-10-25-17(23)12-5-7-13(8-6-12)21-15(22)11-26-18(24)14-4-3-9-20-16(14)19/h3-9H,2,10-11H2,1H3,(H,21,22). The lowest BCUT2D eigenvalue weighted by molar-refractivity contribution is -0.119. The molecule has 0 aliphatic carbocycles. The van der Waals surface area contributed by atoms with E-state index in [-0.39, 0.29) is 10.7 Å². The summed E-state index contributed by atoms with van der Waals surface area (Å²) in [6.45, 7) is 1.77. The Labute approximate surface area is 155 Å². The van der Waals surface area contributed by atoms with Crippen molar-refractivity contribution in [1.29, 1.82) is 0 Å². The molecule has 7 nitrogen and oxygen atoms in total. The average Bonchev–Trinajstić information content (AvgIpc) is 2.65. The van der Waals surface area contributed by atoms with Gasteiger partial charge in [-0.25, -0.2) is 14.6 Å². The largest absolute Gasteiger partial charge is 0.462 e. The Hall–Kier alpha value is -2.93. The maximum Gasteiger partial charge on any atom is 0.341 e. The molecule has 1 amide bonds. The minimum atomic E-state index is -0.743. The first kappa shape index (κ1) is 19.4. The van der Waals surface area contributed by atoms with Gasteiger partial charge in [0.2, 0.25) is 0 Å². The number of nitrogens with one attached hydrogen (secondary N) is 1. The monoisotopic (exact) mass is 376 g/mol. The number of benzene rings is 1. The zero-order valence-electron chi connectivity index (χ0n) is 14.0. The highest BCUT2D eigenvalue weighted by Crippen LogP contribution is 2.13. The fourth-order valence-corrected chi connectivity index (χ4v) is 2.11. The number of amides is 1. The maximum atomic E-state index is 11.9. The molecular weight excluding hydrogens is 360 g/mol. The number of carbonyl (C=O) groups is 3. The third-order valence-corrected chi connectivity index (χ3v) is 3.46. The van der Waals surface area contributed by atoms with Gasteiger partial charge in [0.05, 0.1) is 17.7 Å². The lowest BCUT2D eigenvalue weighted by Gasteiger charge is -2.08. The van der Waals surface area contributed by atoms with Crippen LogP contribution in [0, 0.1) is 0 Å². The van der Waals surface area contributed by atoms with Gasteiger partial charge >= 0.3 is 11.9 Å². The molecule has 0 bridgehead atoms. The summed E-state index contributed by atoms with van der Waals surface area (Å²) in [6.07, 6.45) is 2.18. The Morgan fingerprint density at radius 3 is 2.46 bits per heavy atom. The van der Waals surface area contributed by atoms with Crippen LogP contribution in [0.4, 0.5) is 5.69 Å². The van der Waals surface area contributed by atoms with Gasteiger partial charge in [-0.1, -0.05) is 18.5 Å². The third-order valence-electron chi connectivity index (χ3n) is 3.16. The van der Waals surface area contributed by atoms with Crippen molar-refractivity contribution in [2.24, 2.45) is 0 Å². The van der Waals surface area contributed by atoms with Crippen LogP contribution in [-0.4, -0.2) is 36.0 Å². The van der Waals surface area contributed by atoms with E-state index in [1.807, 2.05) is 6.92 Å². The Morgan fingerprint density at radius 2 is 1.81 bits per heavy atom. The van der Waals surface area contributed by atoms with Crippen LogP contribution in [0.1, 0.15) is 34.1 Å².